The maximum absolute atomic E-state index is 10.4. The van der Waals surface area contributed by atoms with Crippen LogP contribution in [0.2, 0.25) is 0 Å². The molecule has 1 unspecified atom stereocenters. The number of allylic oxidation sites excluding steroid dienone is 1. The summed E-state index contributed by atoms with van der Waals surface area (Å²) in [6, 6.07) is 0.325. The van der Waals surface area contributed by atoms with Crippen LogP contribution >= 0.6 is 0 Å². The summed E-state index contributed by atoms with van der Waals surface area (Å²) in [5.41, 5.74) is -0.0888. The van der Waals surface area contributed by atoms with Crippen LogP contribution in [0, 0.1) is 10.1 Å². The van der Waals surface area contributed by atoms with Gasteiger partial charge in [0.1, 0.15) is 12.4 Å². The summed E-state index contributed by atoms with van der Waals surface area (Å²) in [6.45, 7) is 0. The molecule has 16 heavy (non-hydrogen) atoms. The van der Waals surface area contributed by atoms with Crippen molar-refractivity contribution in [3.05, 3.63) is 34.7 Å². The quantitative estimate of drug-likeness (QED) is 0.478. The van der Waals surface area contributed by atoms with Crippen LogP contribution in [-0.4, -0.2) is 20.9 Å². The Balaban J connectivity index is 1.99. The van der Waals surface area contributed by atoms with Gasteiger partial charge in [0.25, 0.3) is 0 Å². The fourth-order valence-corrected chi connectivity index (χ4v) is 1.60. The first-order chi connectivity index (χ1) is 7.75. The third-order valence-corrected chi connectivity index (χ3v) is 2.45. The van der Waals surface area contributed by atoms with Crippen molar-refractivity contribution in [3.63, 3.8) is 0 Å². The van der Waals surface area contributed by atoms with Crippen molar-refractivity contribution in [3.8, 4) is 0 Å². The molecule has 1 atom stereocenters. The molecule has 0 aromatic carbocycles. The predicted octanol–water partition coefficient (Wildman–Crippen LogP) is 1.91. The predicted molar refractivity (Wildman–Crippen MR) is 59.1 cm³/mol. The lowest BCUT2D eigenvalue weighted by atomic mass is 10.0. The first-order valence-electron chi connectivity index (χ1n) is 5.13. The molecular weight excluding hydrogens is 208 g/mol. The molecule has 1 heterocycles. The molecular formula is C10H12N4O2. The van der Waals surface area contributed by atoms with Crippen LogP contribution in [0.1, 0.15) is 19.3 Å². The molecule has 0 spiro atoms. The monoisotopic (exact) mass is 220 g/mol. The Morgan fingerprint density at radius 3 is 2.69 bits per heavy atom. The molecule has 1 N–H and O–H groups in total. The lowest BCUT2D eigenvalue weighted by molar-refractivity contribution is -0.385. The van der Waals surface area contributed by atoms with Gasteiger partial charge in [-0.05, 0) is 19.3 Å². The summed E-state index contributed by atoms with van der Waals surface area (Å²) in [5.74, 6) is 0.450. The van der Waals surface area contributed by atoms with Gasteiger partial charge >= 0.3 is 5.69 Å². The van der Waals surface area contributed by atoms with Crippen molar-refractivity contribution in [2.24, 2.45) is 0 Å². The molecule has 0 saturated carbocycles. The molecule has 0 aliphatic heterocycles. The van der Waals surface area contributed by atoms with Gasteiger partial charge in [0, 0.05) is 6.04 Å². The van der Waals surface area contributed by atoms with Gasteiger partial charge in [-0.15, -0.1) is 0 Å². The number of nitro groups is 1. The molecule has 1 aliphatic carbocycles. The van der Waals surface area contributed by atoms with E-state index in [1.165, 1.54) is 12.4 Å². The number of nitrogens with one attached hydrogen (secondary N) is 1. The van der Waals surface area contributed by atoms with Crippen LogP contribution in [0.15, 0.2) is 24.5 Å². The largest absolute Gasteiger partial charge is 0.351 e. The van der Waals surface area contributed by atoms with Crippen molar-refractivity contribution < 1.29 is 4.92 Å². The SMILES string of the molecule is O=[N+]([O-])c1cnc(NC2CC=CCC2)nc1. The average molecular weight is 220 g/mol. The van der Waals surface area contributed by atoms with E-state index in [-0.39, 0.29) is 5.69 Å². The van der Waals surface area contributed by atoms with Gasteiger partial charge in [-0.1, -0.05) is 12.2 Å². The van der Waals surface area contributed by atoms with Crippen molar-refractivity contribution >= 4 is 11.6 Å². The van der Waals surface area contributed by atoms with Gasteiger partial charge in [0.15, 0.2) is 0 Å². The van der Waals surface area contributed by atoms with E-state index in [1.807, 2.05) is 0 Å². The molecule has 2 rings (SSSR count). The summed E-state index contributed by atoms with van der Waals surface area (Å²) in [5, 5.41) is 13.5. The van der Waals surface area contributed by atoms with Crippen molar-refractivity contribution in [1.82, 2.24) is 9.97 Å². The molecule has 1 aliphatic rings. The van der Waals surface area contributed by atoms with Crippen LogP contribution in [0.3, 0.4) is 0 Å². The Labute approximate surface area is 92.6 Å². The van der Waals surface area contributed by atoms with Gasteiger partial charge in [0.05, 0.1) is 4.92 Å². The summed E-state index contributed by atoms with van der Waals surface area (Å²) >= 11 is 0. The standard InChI is InChI=1S/C10H12N4O2/c15-14(16)9-6-11-10(12-7-9)13-8-4-2-1-3-5-8/h1-2,6-8H,3-5H2,(H,11,12,13). The zero-order valence-corrected chi connectivity index (χ0v) is 8.67. The Kier molecular flexibility index (Phi) is 3.09. The maximum Gasteiger partial charge on any atom is 0.305 e. The molecule has 0 bridgehead atoms. The van der Waals surface area contributed by atoms with E-state index in [0.717, 1.165) is 19.3 Å². The Bertz CT molecular complexity index is 402. The average Bonchev–Trinajstić information content (AvgIpc) is 2.31. The van der Waals surface area contributed by atoms with Crippen LogP contribution < -0.4 is 5.32 Å². The molecule has 84 valence electrons. The van der Waals surface area contributed by atoms with Crippen molar-refractivity contribution in [2.75, 3.05) is 5.32 Å². The first-order valence-corrected chi connectivity index (χ1v) is 5.13. The Morgan fingerprint density at radius 2 is 2.12 bits per heavy atom. The van der Waals surface area contributed by atoms with Gasteiger partial charge in [-0.2, -0.15) is 0 Å². The fraction of sp³-hybridized carbons (Fsp3) is 0.400. The fourth-order valence-electron chi connectivity index (χ4n) is 1.60. The van der Waals surface area contributed by atoms with Gasteiger partial charge in [-0.25, -0.2) is 9.97 Å². The highest BCUT2D eigenvalue weighted by molar-refractivity contribution is 5.31. The molecule has 0 fully saturated rings. The van der Waals surface area contributed by atoms with Gasteiger partial charge in [-0.3, -0.25) is 10.1 Å². The first kappa shape index (κ1) is 10.5. The van der Waals surface area contributed by atoms with Crippen LogP contribution in [-0.2, 0) is 0 Å². The minimum atomic E-state index is -0.507. The minimum absolute atomic E-state index is 0.0888. The maximum atomic E-state index is 10.4. The molecule has 0 amide bonds. The number of hydrogen-bond acceptors (Lipinski definition) is 5. The second-order valence-electron chi connectivity index (χ2n) is 3.65. The Hall–Kier alpha value is -1.98. The second-order valence-corrected chi connectivity index (χ2v) is 3.65. The lowest BCUT2D eigenvalue weighted by Gasteiger charge is -2.18. The van der Waals surface area contributed by atoms with Gasteiger partial charge in [0.2, 0.25) is 5.95 Å². The van der Waals surface area contributed by atoms with E-state index in [4.69, 9.17) is 0 Å². The van der Waals surface area contributed by atoms with E-state index in [2.05, 4.69) is 27.4 Å². The molecule has 0 saturated heterocycles. The second kappa shape index (κ2) is 4.69. The summed E-state index contributed by atoms with van der Waals surface area (Å²) in [6.07, 6.45) is 9.73. The van der Waals surface area contributed by atoms with E-state index in [9.17, 15) is 10.1 Å². The normalized spacial score (nSPS) is 19.4. The molecule has 0 radical (unpaired) electrons. The summed E-state index contributed by atoms with van der Waals surface area (Å²) in [4.78, 5) is 17.7. The topological polar surface area (TPSA) is 81.0 Å². The van der Waals surface area contributed by atoms with Crippen molar-refractivity contribution in [2.45, 2.75) is 25.3 Å². The van der Waals surface area contributed by atoms with Gasteiger partial charge < -0.3 is 5.32 Å². The number of hydrogen-bond donors (Lipinski definition) is 1. The zero-order valence-electron chi connectivity index (χ0n) is 8.67. The van der Waals surface area contributed by atoms with E-state index < -0.39 is 4.92 Å². The molecule has 6 heteroatoms. The summed E-state index contributed by atoms with van der Waals surface area (Å²) in [7, 11) is 0. The lowest BCUT2D eigenvalue weighted by Crippen LogP contribution is -2.21. The number of aromatic nitrogens is 2. The molecule has 1 aromatic heterocycles. The third-order valence-electron chi connectivity index (χ3n) is 2.45. The molecule has 1 aromatic rings. The van der Waals surface area contributed by atoms with E-state index in [0.29, 0.717) is 12.0 Å². The number of anilines is 1. The highest BCUT2D eigenvalue weighted by Crippen LogP contribution is 2.15. The molecule has 6 nitrogen and oxygen atoms in total. The van der Waals surface area contributed by atoms with E-state index in [1.54, 1.807) is 0 Å². The summed E-state index contributed by atoms with van der Waals surface area (Å²) < 4.78 is 0. The highest BCUT2D eigenvalue weighted by atomic mass is 16.6. The van der Waals surface area contributed by atoms with Crippen molar-refractivity contribution in [1.29, 1.82) is 0 Å². The number of rotatable bonds is 3. The van der Waals surface area contributed by atoms with Crippen LogP contribution in [0.5, 0.6) is 0 Å². The minimum Gasteiger partial charge on any atom is -0.351 e. The van der Waals surface area contributed by atoms with Crippen LogP contribution in [0.25, 0.3) is 0 Å². The third kappa shape index (κ3) is 2.53. The Morgan fingerprint density at radius 1 is 1.38 bits per heavy atom. The van der Waals surface area contributed by atoms with E-state index >= 15 is 0 Å². The number of nitrogens with zero attached hydrogens (tertiary/aromatic N) is 3. The van der Waals surface area contributed by atoms with Crippen LogP contribution in [0.4, 0.5) is 11.6 Å². The highest BCUT2D eigenvalue weighted by Gasteiger charge is 2.12. The smallest absolute Gasteiger partial charge is 0.305 e. The zero-order chi connectivity index (χ0) is 11.4.